The maximum Gasteiger partial charge on any atom is 0.408 e. The van der Waals surface area contributed by atoms with Crippen LogP contribution in [0.25, 0.3) is 0 Å². The van der Waals surface area contributed by atoms with Gasteiger partial charge in [-0.05, 0) is 40.7 Å². The highest BCUT2D eigenvalue weighted by Gasteiger charge is 2.31. The lowest BCUT2D eigenvalue weighted by molar-refractivity contribution is -0.142. The van der Waals surface area contributed by atoms with Crippen molar-refractivity contribution >= 4 is 36.0 Å². The van der Waals surface area contributed by atoms with Crippen molar-refractivity contribution in [2.24, 2.45) is 4.99 Å². The molecule has 3 N–H and O–H groups in total. The highest BCUT2D eigenvalue weighted by Crippen LogP contribution is 2.16. The van der Waals surface area contributed by atoms with Gasteiger partial charge in [-0.3, -0.25) is 9.89 Å². The first-order valence-electron chi connectivity index (χ1n) is 9.47. The minimum absolute atomic E-state index is 0. The van der Waals surface area contributed by atoms with E-state index in [9.17, 15) is 18.0 Å². The van der Waals surface area contributed by atoms with Crippen LogP contribution >= 0.6 is 24.0 Å². The average Bonchev–Trinajstić information content (AvgIpc) is 2.53. The lowest BCUT2D eigenvalue weighted by Gasteiger charge is -2.34. The molecule has 1 amide bonds. The number of aliphatic imine (C=N–C) groups is 1. The highest BCUT2D eigenvalue weighted by molar-refractivity contribution is 14.0. The molecule has 0 spiro atoms. The first-order valence-corrected chi connectivity index (χ1v) is 9.47. The fourth-order valence-corrected chi connectivity index (χ4v) is 2.46. The fourth-order valence-electron chi connectivity index (χ4n) is 2.46. The van der Waals surface area contributed by atoms with Gasteiger partial charge in [0, 0.05) is 26.7 Å². The zero-order valence-corrected chi connectivity index (χ0v) is 20.8. The first-order chi connectivity index (χ1) is 12.8. The summed E-state index contributed by atoms with van der Waals surface area (Å²) in [6, 6.07) is 0. The number of ether oxygens (including phenoxy) is 1. The van der Waals surface area contributed by atoms with Crippen molar-refractivity contribution < 1.29 is 22.7 Å². The zero-order chi connectivity index (χ0) is 22.0. The summed E-state index contributed by atoms with van der Waals surface area (Å²) in [5.74, 6) is 0.456. The van der Waals surface area contributed by atoms with Crippen molar-refractivity contribution in [3.05, 3.63) is 0 Å². The standard InChI is InChI=1S/C18H36F3N5O2.HI/c1-8-17(9-2,25-15(27)28-16(3,4)5)12-24-14(22-6)23-10-11-26(7)13-18(19,20)21;/h8-13H2,1-7H3,(H,25,27)(H2,22,23,24);1H. The predicted molar refractivity (Wildman–Crippen MR) is 121 cm³/mol. The SMILES string of the molecule is CCC(CC)(CNC(=NC)NCCN(C)CC(F)(F)F)NC(=O)OC(C)(C)C.I. The number of alkyl halides is 3. The Morgan fingerprint density at radius 1 is 1.10 bits per heavy atom. The minimum Gasteiger partial charge on any atom is -0.444 e. The number of rotatable bonds is 9. The second-order valence-electron chi connectivity index (χ2n) is 7.82. The molecule has 0 radical (unpaired) electrons. The molecular formula is C18H37F3IN5O2. The van der Waals surface area contributed by atoms with E-state index in [1.807, 2.05) is 13.8 Å². The number of nitrogens with zero attached hydrogens (tertiary/aromatic N) is 2. The molecule has 0 aromatic heterocycles. The van der Waals surface area contributed by atoms with Crippen molar-refractivity contribution in [2.75, 3.05) is 40.3 Å². The van der Waals surface area contributed by atoms with E-state index in [0.29, 0.717) is 31.9 Å². The summed E-state index contributed by atoms with van der Waals surface area (Å²) >= 11 is 0. The molecule has 0 saturated carbocycles. The normalized spacial score (nSPS) is 13.0. The molecule has 0 aliphatic carbocycles. The van der Waals surface area contributed by atoms with E-state index in [0.717, 1.165) is 0 Å². The molecule has 0 bridgehead atoms. The molecule has 0 aromatic carbocycles. The molecule has 0 fully saturated rings. The molecule has 0 unspecified atom stereocenters. The van der Waals surface area contributed by atoms with Gasteiger partial charge in [0.25, 0.3) is 0 Å². The van der Waals surface area contributed by atoms with E-state index in [4.69, 9.17) is 4.74 Å². The maximum atomic E-state index is 12.4. The van der Waals surface area contributed by atoms with Gasteiger partial charge >= 0.3 is 12.3 Å². The molecule has 0 aromatic rings. The molecular weight excluding hydrogens is 502 g/mol. The van der Waals surface area contributed by atoms with Gasteiger partial charge in [0.05, 0.1) is 12.1 Å². The van der Waals surface area contributed by atoms with Crippen LogP contribution in [0.5, 0.6) is 0 Å². The minimum atomic E-state index is -4.22. The largest absolute Gasteiger partial charge is 0.444 e. The highest BCUT2D eigenvalue weighted by atomic mass is 127. The van der Waals surface area contributed by atoms with Crippen LogP contribution in [-0.2, 0) is 4.74 Å². The Labute approximate surface area is 189 Å². The number of hydrogen-bond acceptors (Lipinski definition) is 4. The van der Waals surface area contributed by atoms with Gasteiger partial charge in [-0.15, -0.1) is 24.0 Å². The van der Waals surface area contributed by atoms with E-state index in [-0.39, 0.29) is 30.5 Å². The maximum absolute atomic E-state index is 12.4. The van der Waals surface area contributed by atoms with Gasteiger partial charge in [0.15, 0.2) is 5.96 Å². The smallest absolute Gasteiger partial charge is 0.408 e. The summed E-state index contributed by atoms with van der Waals surface area (Å²) in [7, 11) is 2.99. The number of carbonyl (C=O) groups excluding carboxylic acids is 1. The van der Waals surface area contributed by atoms with E-state index in [1.165, 1.54) is 11.9 Å². The van der Waals surface area contributed by atoms with Crippen molar-refractivity contribution in [2.45, 2.75) is 64.8 Å². The molecule has 11 heteroatoms. The summed E-state index contributed by atoms with van der Waals surface area (Å²) in [4.78, 5) is 17.4. The molecule has 0 aliphatic rings. The Morgan fingerprint density at radius 3 is 2.07 bits per heavy atom. The fraction of sp³-hybridized carbons (Fsp3) is 0.889. The summed E-state index contributed by atoms with van der Waals surface area (Å²) in [5.41, 5.74) is -1.13. The van der Waals surface area contributed by atoms with Crippen LogP contribution < -0.4 is 16.0 Å². The molecule has 0 saturated heterocycles. The van der Waals surface area contributed by atoms with Gasteiger partial charge in [-0.1, -0.05) is 13.8 Å². The van der Waals surface area contributed by atoms with Gasteiger partial charge in [0.1, 0.15) is 5.60 Å². The van der Waals surface area contributed by atoms with Crippen LogP contribution in [0.1, 0.15) is 47.5 Å². The number of guanidine groups is 1. The number of amides is 1. The number of carbonyl (C=O) groups is 1. The molecule has 7 nitrogen and oxygen atoms in total. The Kier molecular flexibility index (Phi) is 13.9. The summed E-state index contributed by atoms with van der Waals surface area (Å²) < 4.78 is 42.4. The van der Waals surface area contributed by atoms with Gasteiger partial charge in [-0.2, -0.15) is 13.2 Å². The van der Waals surface area contributed by atoms with Crippen LogP contribution in [0, 0.1) is 0 Å². The van der Waals surface area contributed by atoms with Gasteiger partial charge in [-0.25, -0.2) is 4.79 Å². The number of hydrogen-bond donors (Lipinski definition) is 3. The Bertz CT molecular complexity index is 507. The zero-order valence-electron chi connectivity index (χ0n) is 18.5. The predicted octanol–water partition coefficient (Wildman–Crippen LogP) is 3.35. The van der Waals surface area contributed by atoms with Crippen molar-refractivity contribution in [1.82, 2.24) is 20.9 Å². The van der Waals surface area contributed by atoms with Crippen LogP contribution in [-0.4, -0.2) is 74.5 Å². The second-order valence-corrected chi connectivity index (χ2v) is 7.82. The quantitative estimate of drug-likeness (QED) is 0.238. The monoisotopic (exact) mass is 539 g/mol. The Hall–Kier alpha value is -0.980. The third-order valence-electron chi connectivity index (χ3n) is 4.17. The summed E-state index contributed by atoms with van der Waals surface area (Å²) in [5, 5.41) is 9.04. The van der Waals surface area contributed by atoms with Crippen LogP contribution in [0.15, 0.2) is 4.99 Å². The third kappa shape index (κ3) is 14.6. The Balaban J connectivity index is 0. The van der Waals surface area contributed by atoms with Gasteiger partial charge in [0.2, 0.25) is 0 Å². The average molecular weight is 539 g/mol. The number of likely N-dealkylation sites (N-methyl/N-ethyl adjacent to an activating group) is 1. The van der Waals surface area contributed by atoms with Crippen LogP contribution in [0.2, 0.25) is 0 Å². The van der Waals surface area contributed by atoms with Gasteiger partial charge < -0.3 is 20.7 Å². The molecule has 0 heterocycles. The van der Waals surface area contributed by atoms with E-state index < -0.39 is 30.0 Å². The van der Waals surface area contributed by atoms with Crippen molar-refractivity contribution in [1.29, 1.82) is 0 Å². The van der Waals surface area contributed by atoms with Crippen molar-refractivity contribution in [3.63, 3.8) is 0 Å². The van der Waals surface area contributed by atoms with E-state index >= 15 is 0 Å². The number of halogens is 4. The Morgan fingerprint density at radius 2 is 1.66 bits per heavy atom. The molecule has 174 valence electrons. The molecule has 29 heavy (non-hydrogen) atoms. The second kappa shape index (κ2) is 13.3. The van der Waals surface area contributed by atoms with E-state index in [1.54, 1.807) is 27.8 Å². The third-order valence-corrected chi connectivity index (χ3v) is 4.17. The van der Waals surface area contributed by atoms with Crippen molar-refractivity contribution in [3.8, 4) is 0 Å². The summed E-state index contributed by atoms with van der Waals surface area (Å²) in [6.07, 6.45) is -3.37. The molecule has 0 aliphatic heterocycles. The molecule has 0 rings (SSSR count). The summed E-state index contributed by atoms with van der Waals surface area (Å²) in [6.45, 7) is 9.27. The number of alkyl carbamates (subject to hydrolysis) is 1. The van der Waals surface area contributed by atoms with Crippen LogP contribution in [0.4, 0.5) is 18.0 Å². The first kappa shape index (κ1) is 30.2. The number of nitrogens with one attached hydrogen (secondary N) is 3. The lowest BCUT2D eigenvalue weighted by atomic mass is 9.93. The van der Waals surface area contributed by atoms with E-state index in [2.05, 4.69) is 20.9 Å². The van der Waals surface area contributed by atoms with Crippen LogP contribution in [0.3, 0.4) is 0 Å². The molecule has 0 atom stereocenters. The topological polar surface area (TPSA) is 78.0 Å². The lowest BCUT2D eigenvalue weighted by Crippen LogP contribution is -2.57.